The molecule has 2 saturated heterocycles. The number of ketones is 2. The fourth-order valence-electron chi connectivity index (χ4n) is 4.97. The van der Waals surface area contributed by atoms with Gasteiger partial charge in [0.05, 0.1) is 18.9 Å². The summed E-state index contributed by atoms with van der Waals surface area (Å²) in [5, 5.41) is 3.14. The largest absolute Gasteiger partial charge is 0.497 e. The van der Waals surface area contributed by atoms with E-state index in [2.05, 4.69) is 5.32 Å². The summed E-state index contributed by atoms with van der Waals surface area (Å²) in [6.07, 6.45) is 0. The molecule has 3 atom stereocenters. The van der Waals surface area contributed by atoms with Crippen molar-refractivity contribution in [3.05, 3.63) is 65.2 Å². The highest BCUT2D eigenvalue weighted by molar-refractivity contribution is 6.35. The highest BCUT2D eigenvalue weighted by atomic mass is 16.5. The monoisotopic (exact) mass is 390 g/mol. The number of fused-ring (bicyclic) bond motifs is 3. The maximum absolute atomic E-state index is 13.4. The molecule has 0 saturated carbocycles. The van der Waals surface area contributed by atoms with Crippen molar-refractivity contribution in [2.75, 3.05) is 14.2 Å². The number of nitrogens with zero attached hydrogens (tertiary/aromatic N) is 1. The lowest BCUT2D eigenvalue weighted by Gasteiger charge is -2.27. The number of Topliss-reactive ketones (excluding diaryl/α,β-unsaturated/α-hetero) is 2. The molecule has 146 valence electrons. The molecule has 2 amide bonds. The number of hydrogen-bond acceptors (Lipinski definition) is 6. The summed E-state index contributed by atoms with van der Waals surface area (Å²) in [6.45, 7) is 0. The topological polar surface area (TPSA) is 92.8 Å². The third-order valence-electron chi connectivity index (χ3n) is 6.39. The van der Waals surface area contributed by atoms with E-state index in [1.165, 1.54) is 7.05 Å². The molecule has 1 spiro atoms. The van der Waals surface area contributed by atoms with Crippen molar-refractivity contribution in [3.8, 4) is 5.75 Å². The second kappa shape index (κ2) is 5.84. The van der Waals surface area contributed by atoms with Crippen LogP contribution in [0.4, 0.5) is 0 Å². The van der Waals surface area contributed by atoms with Crippen LogP contribution in [0.15, 0.2) is 48.5 Å². The van der Waals surface area contributed by atoms with Crippen molar-refractivity contribution in [3.63, 3.8) is 0 Å². The maximum atomic E-state index is 13.4. The average Bonchev–Trinajstić information content (AvgIpc) is 3.30. The second-order valence-electron chi connectivity index (χ2n) is 7.65. The van der Waals surface area contributed by atoms with Crippen molar-refractivity contribution in [2.24, 2.45) is 11.8 Å². The zero-order chi connectivity index (χ0) is 20.5. The smallest absolute Gasteiger partial charge is 0.235 e. The zero-order valence-electron chi connectivity index (χ0n) is 15.8. The van der Waals surface area contributed by atoms with Crippen LogP contribution in [0.5, 0.6) is 5.75 Å². The van der Waals surface area contributed by atoms with E-state index in [4.69, 9.17) is 4.74 Å². The minimum absolute atomic E-state index is 0.286. The van der Waals surface area contributed by atoms with Gasteiger partial charge in [0.25, 0.3) is 0 Å². The van der Waals surface area contributed by atoms with Gasteiger partial charge in [-0.05, 0) is 17.7 Å². The van der Waals surface area contributed by atoms with Crippen LogP contribution in [-0.4, -0.2) is 48.0 Å². The number of likely N-dealkylation sites (tertiary alicyclic amines) is 1. The summed E-state index contributed by atoms with van der Waals surface area (Å²) in [7, 11) is 2.95. The Morgan fingerprint density at radius 2 is 1.48 bits per heavy atom. The van der Waals surface area contributed by atoms with Gasteiger partial charge < -0.3 is 4.74 Å². The lowest BCUT2D eigenvalue weighted by molar-refractivity contribution is -0.139. The highest BCUT2D eigenvalue weighted by Crippen LogP contribution is 2.52. The van der Waals surface area contributed by atoms with E-state index >= 15 is 0 Å². The fraction of sp³-hybridized carbons (Fsp3) is 0.273. The third-order valence-corrected chi connectivity index (χ3v) is 6.39. The van der Waals surface area contributed by atoms with Crippen molar-refractivity contribution in [1.82, 2.24) is 10.2 Å². The molecular formula is C22H18N2O5. The van der Waals surface area contributed by atoms with E-state index in [0.29, 0.717) is 11.3 Å². The fourth-order valence-corrected chi connectivity index (χ4v) is 4.97. The minimum Gasteiger partial charge on any atom is -0.497 e. The SMILES string of the molecule is COc1ccc([C@@H]2NC3(C(=O)c4ccccc4C3=O)[C@@H]3C(=O)N(C)C(=O)[C@@H]32)cc1. The quantitative estimate of drug-likeness (QED) is 0.615. The molecule has 1 N–H and O–H groups in total. The van der Waals surface area contributed by atoms with Gasteiger partial charge in [-0.2, -0.15) is 0 Å². The number of ether oxygens (including phenoxy) is 1. The molecule has 3 aliphatic rings. The first kappa shape index (κ1) is 17.8. The van der Waals surface area contributed by atoms with Crippen molar-refractivity contribution >= 4 is 23.4 Å². The summed E-state index contributed by atoms with van der Waals surface area (Å²) >= 11 is 0. The molecule has 0 bridgehead atoms. The van der Waals surface area contributed by atoms with Gasteiger partial charge in [-0.3, -0.25) is 29.4 Å². The van der Waals surface area contributed by atoms with Gasteiger partial charge in [0, 0.05) is 24.2 Å². The van der Waals surface area contributed by atoms with Gasteiger partial charge in [0.1, 0.15) is 5.75 Å². The van der Waals surface area contributed by atoms with Crippen molar-refractivity contribution in [2.45, 2.75) is 11.6 Å². The summed E-state index contributed by atoms with van der Waals surface area (Å²) in [5.41, 5.74) is -0.468. The molecular weight excluding hydrogens is 372 g/mol. The Balaban J connectivity index is 1.68. The Morgan fingerprint density at radius 1 is 0.897 bits per heavy atom. The molecule has 29 heavy (non-hydrogen) atoms. The predicted octanol–water partition coefficient (Wildman–Crippen LogP) is 1.39. The first-order chi connectivity index (χ1) is 13.9. The Morgan fingerprint density at radius 3 is 2.03 bits per heavy atom. The number of nitrogens with one attached hydrogen (secondary N) is 1. The van der Waals surface area contributed by atoms with E-state index in [0.717, 1.165) is 4.90 Å². The van der Waals surface area contributed by atoms with Crippen LogP contribution in [0.25, 0.3) is 0 Å². The first-order valence-electron chi connectivity index (χ1n) is 9.33. The van der Waals surface area contributed by atoms with Gasteiger partial charge in [-0.25, -0.2) is 0 Å². The number of imide groups is 1. The standard InChI is InChI=1S/C22H18N2O5/c1-24-20(27)15-16(21(24)28)22(18(25)13-5-3-4-6-14(13)19(22)26)23-17(15)11-7-9-12(29-2)10-8-11/h3-10,15-17,23H,1-2H3/t15-,16-,17-/m0/s1. The summed E-state index contributed by atoms with van der Waals surface area (Å²) < 4.78 is 5.19. The molecule has 2 fully saturated rings. The minimum atomic E-state index is -1.75. The molecule has 2 aromatic carbocycles. The molecule has 2 aliphatic heterocycles. The number of carbonyl (C=O) groups excluding carboxylic acids is 4. The van der Waals surface area contributed by atoms with E-state index in [9.17, 15) is 19.2 Å². The lowest BCUT2D eigenvalue weighted by atomic mass is 9.76. The molecule has 7 nitrogen and oxygen atoms in total. The molecule has 2 heterocycles. The molecule has 7 heteroatoms. The molecule has 0 unspecified atom stereocenters. The van der Waals surface area contributed by atoms with Crippen LogP contribution < -0.4 is 10.1 Å². The Hall–Kier alpha value is -3.32. The number of rotatable bonds is 2. The molecule has 2 aromatic rings. The van der Waals surface area contributed by atoms with Crippen molar-refractivity contribution < 1.29 is 23.9 Å². The van der Waals surface area contributed by atoms with Crippen LogP contribution in [0.1, 0.15) is 32.3 Å². The Bertz CT molecular complexity index is 1060. The van der Waals surface area contributed by atoms with Crippen LogP contribution in [-0.2, 0) is 9.59 Å². The summed E-state index contributed by atoms with van der Waals surface area (Å²) in [4.78, 5) is 53.9. The molecule has 5 rings (SSSR count). The number of methoxy groups -OCH3 is 1. The molecule has 0 aromatic heterocycles. The summed E-state index contributed by atoms with van der Waals surface area (Å²) in [5.74, 6) is -3.03. The first-order valence-corrected chi connectivity index (χ1v) is 9.33. The lowest BCUT2D eigenvalue weighted by Crippen LogP contribution is -2.57. The molecule has 1 aliphatic carbocycles. The van der Waals surface area contributed by atoms with Gasteiger partial charge >= 0.3 is 0 Å². The van der Waals surface area contributed by atoms with Crippen molar-refractivity contribution in [1.29, 1.82) is 0 Å². The normalized spacial score (nSPS) is 27.0. The van der Waals surface area contributed by atoms with Gasteiger partial charge in [0.15, 0.2) is 17.1 Å². The number of hydrogen-bond donors (Lipinski definition) is 1. The number of benzene rings is 2. The van der Waals surface area contributed by atoms with Crippen LogP contribution in [0, 0.1) is 11.8 Å². The van der Waals surface area contributed by atoms with Crippen LogP contribution in [0.2, 0.25) is 0 Å². The maximum Gasteiger partial charge on any atom is 0.235 e. The Labute approximate surface area is 166 Å². The predicted molar refractivity (Wildman–Crippen MR) is 101 cm³/mol. The van der Waals surface area contributed by atoms with Gasteiger partial charge in [-0.15, -0.1) is 0 Å². The van der Waals surface area contributed by atoms with Gasteiger partial charge in [-0.1, -0.05) is 36.4 Å². The van der Waals surface area contributed by atoms with Gasteiger partial charge in [0.2, 0.25) is 11.8 Å². The van der Waals surface area contributed by atoms with E-state index in [1.807, 2.05) is 0 Å². The van der Waals surface area contributed by atoms with Crippen LogP contribution >= 0.6 is 0 Å². The highest BCUT2D eigenvalue weighted by Gasteiger charge is 2.72. The Kier molecular flexibility index (Phi) is 3.58. The number of carbonyl (C=O) groups is 4. The van der Waals surface area contributed by atoms with E-state index in [1.54, 1.807) is 55.6 Å². The van der Waals surface area contributed by atoms with E-state index in [-0.39, 0.29) is 17.0 Å². The average molecular weight is 390 g/mol. The third kappa shape index (κ3) is 2.05. The zero-order valence-corrected chi connectivity index (χ0v) is 15.8. The van der Waals surface area contributed by atoms with E-state index < -0.39 is 40.9 Å². The number of amides is 2. The summed E-state index contributed by atoms with van der Waals surface area (Å²) in [6, 6.07) is 13.0. The molecule has 0 radical (unpaired) electrons. The van der Waals surface area contributed by atoms with Crippen LogP contribution in [0.3, 0.4) is 0 Å². The second-order valence-corrected chi connectivity index (χ2v) is 7.65.